The molecule has 0 saturated carbocycles. The largest absolute Gasteiger partial charge is 0.359 e. The molecule has 7 aromatic heterocycles. The van der Waals surface area contributed by atoms with Gasteiger partial charge in [-0.05, 0) is 293 Å². The predicted octanol–water partition coefficient (Wildman–Crippen LogP) is 33.4. The molecule has 636 valence electrons. The Balaban J connectivity index is 0.645. The second kappa shape index (κ2) is 31.3. The Kier molecular flexibility index (Phi) is 17.9. The number of nitrogens with zero attached hydrogens (tertiary/aromatic N) is 8. The van der Waals surface area contributed by atoms with E-state index in [1.54, 1.807) is 0 Å². The van der Waals surface area contributed by atoms with E-state index in [9.17, 15) is 0 Å². The van der Waals surface area contributed by atoms with Gasteiger partial charge in [0.2, 0.25) is 0 Å². The van der Waals surface area contributed by atoms with Gasteiger partial charge in [-0.2, -0.15) is 0 Å². The van der Waals surface area contributed by atoms with Crippen LogP contribution in [0.3, 0.4) is 0 Å². The maximum absolute atomic E-state index is 5.45. The first-order chi connectivity index (χ1) is 67.3. The Hall–Kier alpha value is -18.2. The van der Waals surface area contributed by atoms with Crippen molar-refractivity contribution in [3.8, 4) is 112 Å². The van der Waals surface area contributed by atoms with Crippen LogP contribution in [-0.2, 0) is 0 Å². The summed E-state index contributed by atoms with van der Waals surface area (Å²) in [6.45, 7) is 6.05. The third-order valence-electron chi connectivity index (χ3n) is 28.0. The molecule has 27 aromatic rings. The number of anilines is 1. The zero-order valence-electron chi connectivity index (χ0n) is 74.2. The molecule has 9 nitrogen and oxygen atoms in total. The third-order valence-corrected chi connectivity index (χ3v) is 28.0. The van der Waals surface area contributed by atoms with Crippen LogP contribution in [0.5, 0.6) is 0 Å². The van der Waals surface area contributed by atoms with E-state index in [1.807, 2.05) is 12.2 Å². The van der Waals surface area contributed by atoms with Gasteiger partial charge >= 0.3 is 0 Å². The van der Waals surface area contributed by atoms with Gasteiger partial charge in [0.1, 0.15) is 5.69 Å². The van der Waals surface area contributed by atoms with E-state index in [0.717, 1.165) is 200 Å². The van der Waals surface area contributed by atoms with Crippen molar-refractivity contribution >= 4 is 147 Å². The van der Waals surface area contributed by atoms with E-state index in [2.05, 4.69) is 501 Å². The number of nitrogens with one attached hydrogen (secondary N) is 1. The fourth-order valence-electron chi connectivity index (χ4n) is 21.9. The van der Waals surface area contributed by atoms with Gasteiger partial charge in [0, 0.05) is 127 Å². The third kappa shape index (κ3) is 12.5. The Morgan fingerprint density at radius 1 is 0.206 bits per heavy atom. The zero-order chi connectivity index (χ0) is 89.7. The van der Waals surface area contributed by atoms with Crippen molar-refractivity contribution in [2.45, 2.75) is 6.92 Å². The van der Waals surface area contributed by atoms with Crippen LogP contribution in [0.4, 0.5) is 5.69 Å². The van der Waals surface area contributed by atoms with Crippen molar-refractivity contribution in [3.63, 3.8) is 0 Å². The molecule has 0 spiro atoms. The molecule has 0 bridgehead atoms. The first-order valence-corrected chi connectivity index (χ1v) is 46.5. The minimum absolute atomic E-state index is 0.756. The van der Waals surface area contributed by atoms with Crippen molar-refractivity contribution in [1.82, 2.24) is 37.6 Å². The fourth-order valence-corrected chi connectivity index (χ4v) is 21.9. The summed E-state index contributed by atoms with van der Waals surface area (Å²) >= 11 is 0. The van der Waals surface area contributed by atoms with Crippen LogP contribution in [-0.4, -0.2) is 37.6 Å². The molecule has 0 fully saturated rings. The van der Waals surface area contributed by atoms with Gasteiger partial charge in [0.15, 0.2) is 0 Å². The van der Waals surface area contributed by atoms with Crippen LogP contribution in [0.25, 0.3) is 254 Å². The summed E-state index contributed by atoms with van der Waals surface area (Å²) in [5, 5.41) is 29.5. The van der Waals surface area contributed by atoms with Gasteiger partial charge in [0.05, 0.1) is 71.7 Å². The van der Waals surface area contributed by atoms with Gasteiger partial charge < -0.3 is 32.7 Å². The average Bonchev–Trinajstić information content (AvgIpc) is 1.53. The first kappa shape index (κ1) is 77.7. The van der Waals surface area contributed by atoms with Gasteiger partial charge in [-0.3, -0.25) is 0 Å². The molecule has 7 heterocycles. The zero-order valence-corrected chi connectivity index (χ0v) is 74.2. The minimum Gasteiger partial charge on any atom is -0.359 e. The standard InChI is InChI=1S/C127H83N9/c1-3-27-80(2)128-93-31-24-28-81(68-93)82-50-59-113-112(79-82)126(91-29-25-40-98(69-91)135-122-64-55-87(83-51-60-118-104(71-83)100-42-16-20-46-114(100)131(118)94-32-8-4-9-33-94)75-108(122)109-76-88(56-65-123(109)135)84-52-61-119-105(72-84)101-43-17-21-47-115(101)132(119)95-34-10-5-11-35-95)127(130-129-113)92-30-26-41-99(70-92)136-124-66-57-89(85-53-62-120-106(73-85)102-44-18-22-48-116(102)133(120)96-36-12-6-13-37-96)77-110(124)111-78-90(58-67-125(111)136)86-54-63-121-107(74-86)103-45-19-23-49-117(103)134(121)97-38-14-7-15-39-97/h3-79,128H,1H2,2H3/b80-27+. The Morgan fingerprint density at radius 2 is 0.456 bits per heavy atom. The highest BCUT2D eigenvalue weighted by Crippen LogP contribution is 2.48. The van der Waals surface area contributed by atoms with E-state index in [4.69, 9.17) is 10.2 Å². The molecule has 1 N–H and O–H groups in total. The van der Waals surface area contributed by atoms with Gasteiger partial charge in [-0.15, -0.1) is 10.2 Å². The Morgan fingerprint density at radius 3 is 0.794 bits per heavy atom. The summed E-state index contributed by atoms with van der Waals surface area (Å²) in [5.41, 5.74) is 37.8. The highest BCUT2D eigenvalue weighted by Gasteiger charge is 2.26. The maximum atomic E-state index is 5.45. The topological polar surface area (TPSA) is 67.4 Å². The van der Waals surface area contributed by atoms with Crippen molar-refractivity contribution in [2.75, 3.05) is 5.32 Å². The van der Waals surface area contributed by atoms with Crippen LogP contribution in [0.1, 0.15) is 6.92 Å². The minimum atomic E-state index is 0.756. The van der Waals surface area contributed by atoms with Gasteiger partial charge in [-0.1, -0.05) is 249 Å². The lowest BCUT2D eigenvalue weighted by molar-refractivity contribution is 1.08. The summed E-state index contributed by atoms with van der Waals surface area (Å²) in [6.07, 6.45) is 3.81. The lowest BCUT2D eigenvalue weighted by atomic mass is 9.93. The number of benzene rings is 20. The van der Waals surface area contributed by atoms with Crippen LogP contribution < -0.4 is 5.32 Å². The molecular formula is C127H83N9. The molecule has 0 unspecified atom stereocenters. The highest BCUT2D eigenvalue weighted by molar-refractivity contribution is 6.19. The molecule has 0 atom stereocenters. The average molecular weight is 1740 g/mol. The Labute approximate surface area is 783 Å². The predicted molar refractivity (Wildman–Crippen MR) is 571 cm³/mol. The molecule has 0 aliphatic carbocycles. The lowest BCUT2D eigenvalue weighted by Crippen LogP contribution is -1.99. The molecule has 0 radical (unpaired) electrons. The summed E-state index contributed by atoms with van der Waals surface area (Å²) in [6, 6.07) is 168. The number of fused-ring (bicyclic) bond motifs is 19. The van der Waals surface area contributed by atoms with Crippen LogP contribution in [0, 0.1) is 0 Å². The molecule has 9 heteroatoms. The molecule has 136 heavy (non-hydrogen) atoms. The molecule has 0 saturated heterocycles. The second-order valence-electron chi connectivity index (χ2n) is 35.8. The van der Waals surface area contributed by atoms with E-state index < -0.39 is 0 Å². The van der Waals surface area contributed by atoms with Crippen LogP contribution in [0.15, 0.2) is 479 Å². The highest BCUT2D eigenvalue weighted by atomic mass is 15.1. The smallest absolute Gasteiger partial charge is 0.101 e. The van der Waals surface area contributed by atoms with Crippen molar-refractivity contribution in [1.29, 1.82) is 0 Å². The van der Waals surface area contributed by atoms with Crippen molar-refractivity contribution in [3.05, 3.63) is 479 Å². The van der Waals surface area contributed by atoms with Crippen molar-refractivity contribution in [2.24, 2.45) is 0 Å². The summed E-state index contributed by atoms with van der Waals surface area (Å²) in [4.78, 5) is 0. The SMILES string of the molecule is C=C/C=C(\C)Nc1cccc(-c2ccc3nnc(-c4cccc(-n5c6ccc(-c7ccc8c(c7)c7ccccc7n8-c7ccccc7)cc6c6cc(-c7ccc8c(c7)c7ccccc7n8-c7ccccc7)ccc65)c4)c(-c4cccc(-n5c6ccc(-c7ccc8c(c7)c7ccccc7n8-c7ccccc7)cc6c6cc(-c7ccc8c(c7)c7ccccc7n8-c7ccccc7)ccc65)c4)c3c2)c1. The number of rotatable bonds is 16. The number of hydrogen-bond acceptors (Lipinski definition) is 3. The van der Waals surface area contributed by atoms with Crippen LogP contribution in [0.2, 0.25) is 0 Å². The first-order valence-electron chi connectivity index (χ1n) is 46.5. The number of hydrogen-bond donors (Lipinski definition) is 1. The van der Waals surface area contributed by atoms with Crippen molar-refractivity contribution < 1.29 is 0 Å². The Bertz CT molecular complexity index is 9250. The molecule has 0 aliphatic rings. The van der Waals surface area contributed by atoms with Crippen LogP contribution >= 0.6 is 0 Å². The van der Waals surface area contributed by atoms with E-state index in [-0.39, 0.29) is 0 Å². The van der Waals surface area contributed by atoms with E-state index >= 15 is 0 Å². The van der Waals surface area contributed by atoms with E-state index in [1.165, 1.54) is 65.2 Å². The molecule has 27 rings (SSSR count). The summed E-state index contributed by atoms with van der Waals surface area (Å²) < 4.78 is 14.5. The summed E-state index contributed by atoms with van der Waals surface area (Å²) in [5.74, 6) is 0. The second-order valence-corrected chi connectivity index (χ2v) is 35.8. The summed E-state index contributed by atoms with van der Waals surface area (Å²) in [7, 11) is 0. The fraction of sp³-hybridized carbons (Fsp3) is 0.00787. The van der Waals surface area contributed by atoms with E-state index in [0.29, 0.717) is 0 Å². The molecular weight excluding hydrogens is 1650 g/mol. The quantitative estimate of drug-likeness (QED) is 0.0981. The monoisotopic (exact) mass is 1730 g/mol. The van der Waals surface area contributed by atoms with Gasteiger partial charge in [0.25, 0.3) is 0 Å². The number of para-hydroxylation sites is 8. The van der Waals surface area contributed by atoms with Gasteiger partial charge in [-0.25, -0.2) is 0 Å². The molecule has 0 amide bonds. The lowest BCUT2D eigenvalue weighted by Gasteiger charge is -2.17. The molecule has 0 aliphatic heterocycles. The molecule has 20 aromatic carbocycles. The number of aromatic nitrogens is 8. The maximum Gasteiger partial charge on any atom is 0.101 e. The normalized spacial score (nSPS) is 12.1. The number of allylic oxidation sites excluding steroid dienone is 3.